The first-order valence-electron chi connectivity index (χ1n) is 12.5. The smallest absolute Gasteiger partial charge is 0.410 e. The minimum Gasteiger partial charge on any atom is -0.456 e. The van der Waals surface area contributed by atoms with Gasteiger partial charge in [0, 0.05) is 12.6 Å². The van der Waals surface area contributed by atoms with E-state index < -0.39 is 23.3 Å². The molecule has 1 N–H and O–H groups in total. The molecule has 7 nitrogen and oxygen atoms in total. The van der Waals surface area contributed by atoms with Crippen molar-refractivity contribution in [1.29, 1.82) is 0 Å². The molecule has 1 heterocycles. The predicted octanol–water partition coefficient (Wildman–Crippen LogP) is 5.18. The second-order valence-corrected chi connectivity index (χ2v) is 11.5. The van der Waals surface area contributed by atoms with Crippen molar-refractivity contribution < 1.29 is 23.9 Å². The van der Waals surface area contributed by atoms with Crippen LogP contribution in [-0.4, -0.2) is 52.7 Å². The van der Waals surface area contributed by atoms with Crippen molar-refractivity contribution in [3.05, 3.63) is 35.4 Å². The molecule has 1 aromatic rings. The maximum atomic E-state index is 12.9. The number of nitrogens with zero attached hydrogens (tertiary/aromatic N) is 1. The van der Waals surface area contributed by atoms with Crippen LogP contribution in [0.2, 0.25) is 0 Å². The van der Waals surface area contributed by atoms with Gasteiger partial charge >= 0.3 is 12.1 Å². The molecule has 2 amide bonds. The first-order valence-corrected chi connectivity index (χ1v) is 12.5. The highest BCUT2D eigenvalue weighted by Gasteiger charge is 2.37. The second-order valence-electron chi connectivity index (χ2n) is 11.5. The van der Waals surface area contributed by atoms with E-state index in [1.54, 1.807) is 4.90 Å². The van der Waals surface area contributed by atoms with Crippen molar-refractivity contribution in [2.24, 2.45) is 0 Å². The molecule has 1 atom stereocenters. The van der Waals surface area contributed by atoms with Crippen LogP contribution in [-0.2, 0) is 14.3 Å². The highest BCUT2D eigenvalue weighted by molar-refractivity contribution is 5.89. The molecule has 0 unspecified atom stereocenters. The van der Waals surface area contributed by atoms with Crippen LogP contribution < -0.4 is 5.32 Å². The van der Waals surface area contributed by atoms with Gasteiger partial charge < -0.3 is 14.8 Å². The fourth-order valence-corrected chi connectivity index (χ4v) is 4.68. The Hall–Kier alpha value is -2.57. The van der Waals surface area contributed by atoms with E-state index in [0.29, 0.717) is 24.4 Å². The van der Waals surface area contributed by atoms with Crippen LogP contribution in [0.1, 0.15) is 102 Å². The summed E-state index contributed by atoms with van der Waals surface area (Å²) in [5.41, 5.74) is 0.681. The molecule has 0 bridgehead atoms. The third-order valence-corrected chi connectivity index (χ3v) is 6.27. The second kappa shape index (κ2) is 10.4. The first kappa shape index (κ1) is 26.0. The third-order valence-electron chi connectivity index (χ3n) is 6.27. The third kappa shape index (κ3) is 7.21. The Labute approximate surface area is 203 Å². The lowest BCUT2D eigenvalue weighted by atomic mass is 9.81. The van der Waals surface area contributed by atoms with Crippen molar-refractivity contribution >= 4 is 18.0 Å². The Morgan fingerprint density at radius 2 is 1.44 bits per heavy atom. The van der Waals surface area contributed by atoms with Crippen LogP contribution in [0.25, 0.3) is 0 Å². The average Bonchev–Trinajstić information content (AvgIpc) is 3.22. The van der Waals surface area contributed by atoms with Gasteiger partial charge in [-0.1, -0.05) is 12.1 Å². The summed E-state index contributed by atoms with van der Waals surface area (Å²) in [6.45, 7) is 11.6. The molecule has 3 rings (SSSR count). The van der Waals surface area contributed by atoms with Crippen LogP contribution in [0.5, 0.6) is 0 Å². The molecule has 0 spiro atoms. The number of ether oxygens (including phenoxy) is 2. The van der Waals surface area contributed by atoms with E-state index in [2.05, 4.69) is 5.32 Å². The lowest BCUT2D eigenvalue weighted by molar-refractivity contribution is -0.126. The molecule has 7 heteroatoms. The summed E-state index contributed by atoms with van der Waals surface area (Å²) in [6.07, 6.45) is 4.79. The summed E-state index contributed by atoms with van der Waals surface area (Å²) in [5, 5.41) is 3.18. The molecule has 2 fully saturated rings. The number of hydrogen-bond donors (Lipinski definition) is 1. The highest BCUT2D eigenvalue weighted by atomic mass is 16.6. The van der Waals surface area contributed by atoms with Crippen LogP contribution in [0.15, 0.2) is 24.3 Å². The van der Waals surface area contributed by atoms with Gasteiger partial charge in [0.15, 0.2) is 0 Å². The van der Waals surface area contributed by atoms with Gasteiger partial charge in [0.25, 0.3) is 0 Å². The molecular formula is C27H40N2O5. The topological polar surface area (TPSA) is 84.9 Å². The first-order chi connectivity index (χ1) is 15.8. The highest BCUT2D eigenvalue weighted by Crippen LogP contribution is 2.33. The maximum Gasteiger partial charge on any atom is 0.410 e. The lowest BCUT2D eigenvalue weighted by Crippen LogP contribution is -2.50. The molecular weight excluding hydrogens is 432 g/mol. The molecule has 1 aliphatic carbocycles. The minimum absolute atomic E-state index is 0.0754. The zero-order chi connectivity index (χ0) is 25.1. The van der Waals surface area contributed by atoms with E-state index in [4.69, 9.17) is 9.47 Å². The van der Waals surface area contributed by atoms with Crippen molar-refractivity contribution in [1.82, 2.24) is 10.2 Å². The van der Waals surface area contributed by atoms with Crippen molar-refractivity contribution in [2.75, 3.05) is 6.54 Å². The summed E-state index contributed by atoms with van der Waals surface area (Å²) < 4.78 is 10.9. The molecule has 1 saturated carbocycles. The van der Waals surface area contributed by atoms with Crippen molar-refractivity contribution in [2.45, 2.75) is 109 Å². The summed E-state index contributed by atoms with van der Waals surface area (Å²) in [4.78, 5) is 39.2. The quantitative estimate of drug-likeness (QED) is 0.610. The largest absolute Gasteiger partial charge is 0.456 e. The summed E-state index contributed by atoms with van der Waals surface area (Å²) >= 11 is 0. The van der Waals surface area contributed by atoms with E-state index in [-0.39, 0.29) is 17.9 Å². The molecule has 1 aliphatic heterocycles. The number of amides is 2. The predicted molar refractivity (Wildman–Crippen MR) is 131 cm³/mol. The van der Waals surface area contributed by atoms with Crippen LogP contribution in [0.4, 0.5) is 4.79 Å². The van der Waals surface area contributed by atoms with Gasteiger partial charge in [-0.3, -0.25) is 9.69 Å². The van der Waals surface area contributed by atoms with Crippen molar-refractivity contribution in [3.63, 3.8) is 0 Å². The fraction of sp³-hybridized carbons (Fsp3) is 0.667. The van der Waals surface area contributed by atoms with Gasteiger partial charge in [-0.2, -0.15) is 0 Å². The Morgan fingerprint density at radius 3 is 2.00 bits per heavy atom. The van der Waals surface area contributed by atoms with Crippen LogP contribution >= 0.6 is 0 Å². The molecule has 1 saturated heterocycles. The number of esters is 1. The number of likely N-dealkylation sites (tertiary alicyclic amines) is 1. The molecule has 34 heavy (non-hydrogen) atoms. The number of benzene rings is 1. The van der Waals surface area contributed by atoms with Gasteiger partial charge in [0.05, 0.1) is 5.56 Å². The Bertz CT molecular complexity index is 874. The molecule has 2 aliphatic rings. The van der Waals surface area contributed by atoms with E-state index in [1.165, 1.54) is 5.56 Å². The zero-order valence-corrected chi connectivity index (χ0v) is 21.5. The van der Waals surface area contributed by atoms with Gasteiger partial charge in [-0.25, -0.2) is 9.59 Å². The summed E-state index contributed by atoms with van der Waals surface area (Å²) in [5.74, 6) is 0.0249. The number of carbonyl (C=O) groups excluding carboxylic acids is 3. The lowest BCUT2D eigenvalue weighted by Gasteiger charge is -2.32. The molecule has 1 aromatic carbocycles. The zero-order valence-electron chi connectivity index (χ0n) is 21.5. The van der Waals surface area contributed by atoms with Crippen molar-refractivity contribution in [3.8, 4) is 0 Å². The average molecular weight is 473 g/mol. The number of rotatable bonds is 4. The van der Waals surface area contributed by atoms with Gasteiger partial charge in [-0.05, 0) is 104 Å². The van der Waals surface area contributed by atoms with E-state index >= 15 is 0 Å². The Morgan fingerprint density at radius 1 is 0.853 bits per heavy atom. The number of carbonyl (C=O) groups is 3. The molecule has 0 radical (unpaired) electrons. The Balaban J connectivity index is 1.50. The SMILES string of the molecule is CC(C)(C)OC(=O)c1ccc(C2CCC(NC(=O)[C@H]3CCCN3C(=O)OC(C)(C)C)CC2)cc1. The number of nitrogens with one attached hydrogen (secondary N) is 1. The van der Waals surface area contributed by atoms with Gasteiger partial charge in [0.1, 0.15) is 17.2 Å². The van der Waals surface area contributed by atoms with Crippen LogP contribution in [0, 0.1) is 0 Å². The molecule has 0 aromatic heterocycles. The number of hydrogen-bond acceptors (Lipinski definition) is 5. The maximum absolute atomic E-state index is 12.9. The van der Waals surface area contributed by atoms with E-state index in [0.717, 1.165) is 32.1 Å². The Kier molecular flexibility index (Phi) is 7.94. The van der Waals surface area contributed by atoms with Gasteiger partial charge in [0.2, 0.25) is 5.91 Å². The fourth-order valence-electron chi connectivity index (χ4n) is 4.68. The standard InChI is InChI=1S/C27H40N2O5/c1-26(2,3)33-24(31)20-11-9-18(10-12-20)19-13-15-21(16-14-19)28-23(30)22-8-7-17-29(22)25(32)34-27(4,5)6/h9-12,19,21-22H,7-8,13-17H2,1-6H3,(H,28,30)/t19?,21?,22-/m1/s1. The monoisotopic (exact) mass is 472 g/mol. The summed E-state index contributed by atoms with van der Waals surface area (Å²) in [7, 11) is 0. The minimum atomic E-state index is -0.579. The summed E-state index contributed by atoms with van der Waals surface area (Å²) in [6, 6.07) is 7.37. The van der Waals surface area contributed by atoms with Gasteiger partial charge in [-0.15, -0.1) is 0 Å². The van der Waals surface area contributed by atoms with Crippen LogP contribution in [0.3, 0.4) is 0 Å². The van der Waals surface area contributed by atoms with E-state index in [1.807, 2.05) is 65.8 Å². The normalized spacial score (nSPS) is 23.4. The van der Waals surface area contributed by atoms with E-state index in [9.17, 15) is 14.4 Å². The molecule has 188 valence electrons.